The van der Waals surface area contributed by atoms with E-state index in [0.29, 0.717) is 0 Å². The molecule has 1 fully saturated rings. The third-order valence-corrected chi connectivity index (χ3v) is 3.75. The molecule has 16 heavy (non-hydrogen) atoms. The Balaban J connectivity index is 2.48. The number of hydrogen-bond donors (Lipinski definition) is 1. The monoisotopic (exact) mass is 221 g/mol. The highest BCUT2D eigenvalue weighted by Crippen LogP contribution is 2.45. The van der Waals surface area contributed by atoms with E-state index in [1.54, 1.807) is 12.1 Å². The van der Waals surface area contributed by atoms with Gasteiger partial charge in [-0.05, 0) is 42.5 Å². The van der Waals surface area contributed by atoms with Crippen LogP contribution in [-0.4, -0.2) is 6.54 Å². The molecule has 1 aromatic carbocycles. The van der Waals surface area contributed by atoms with Crippen LogP contribution in [0, 0.1) is 11.2 Å². The summed E-state index contributed by atoms with van der Waals surface area (Å²) in [5, 5.41) is 3.59. The molecule has 0 saturated carbocycles. The number of hydrogen-bond acceptors (Lipinski definition) is 1. The summed E-state index contributed by atoms with van der Waals surface area (Å²) in [5.74, 6) is -0.144. The smallest absolute Gasteiger partial charge is 0.123 e. The fraction of sp³-hybridized carbons (Fsp3) is 0.571. The van der Waals surface area contributed by atoms with Crippen LogP contribution in [-0.2, 0) is 5.54 Å². The van der Waals surface area contributed by atoms with Crippen LogP contribution in [0.1, 0.15) is 39.2 Å². The number of nitrogens with one attached hydrogen (secondary N) is 1. The van der Waals surface area contributed by atoms with Crippen molar-refractivity contribution in [1.82, 2.24) is 5.32 Å². The Morgan fingerprint density at radius 1 is 1.31 bits per heavy atom. The molecule has 0 aromatic heterocycles. The number of benzene rings is 1. The first-order chi connectivity index (χ1) is 7.46. The van der Waals surface area contributed by atoms with Crippen molar-refractivity contribution in [2.45, 2.75) is 39.2 Å². The lowest BCUT2D eigenvalue weighted by Gasteiger charge is -2.43. The topological polar surface area (TPSA) is 12.0 Å². The Kier molecular flexibility index (Phi) is 2.79. The number of rotatable bonds is 1. The van der Waals surface area contributed by atoms with Gasteiger partial charge in [0.1, 0.15) is 5.82 Å². The highest BCUT2D eigenvalue weighted by molar-refractivity contribution is 5.29. The molecule has 88 valence electrons. The molecule has 0 bridgehead atoms. The summed E-state index contributed by atoms with van der Waals surface area (Å²) in [5.41, 5.74) is 1.10. The zero-order valence-corrected chi connectivity index (χ0v) is 10.3. The summed E-state index contributed by atoms with van der Waals surface area (Å²) in [6.45, 7) is 7.68. The molecule has 1 N–H and O–H groups in total. The second kappa shape index (κ2) is 3.85. The van der Waals surface area contributed by atoms with Gasteiger partial charge in [0.25, 0.3) is 0 Å². The van der Waals surface area contributed by atoms with Gasteiger partial charge in [-0.25, -0.2) is 4.39 Å². The maximum atomic E-state index is 13.4. The molecule has 1 aromatic rings. The van der Waals surface area contributed by atoms with E-state index in [1.807, 2.05) is 6.07 Å². The largest absolute Gasteiger partial charge is 0.307 e. The van der Waals surface area contributed by atoms with Gasteiger partial charge in [0.05, 0.1) is 0 Å². The minimum absolute atomic E-state index is 0.0743. The fourth-order valence-corrected chi connectivity index (χ4v) is 2.82. The molecule has 1 unspecified atom stereocenters. The molecule has 1 saturated heterocycles. The van der Waals surface area contributed by atoms with E-state index < -0.39 is 0 Å². The Bertz CT molecular complexity index is 373. The maximum absolute atomic E-state index is 13.4. The van der Waals surface area contributed by atoms with Crippen molar-refractivity contribution >= 4 is 0 Å². The predicted octanol–water partition coefficient (Wildman–Crippen LogP) is 3.45. The van der Waals surface area contributed by atoms with Crippen molar-refractivity contribution in [2.75, 3.05) is 6.54 Å². The first kappa shape index (κ1) is 11.6. The van der Waals surface area contributed by atoms with E-state index in [0.717, 1.165) is 24.9 Å². The first-order valence-electron chi connectivity index (χ1n) is 5.97. The average molecular weight is 221 g/mol. The summed E-state index contributed by atoms with van der Waals surface area (Å²) >= 11 is 0. The molecule has 1 aliphatic rings. The van der Waals surface area contributed by atoms with Crippen molar-refractivity contribution in [3.05, 3.63) is 35.6 Å². The molecule has 2 rings (SSSR count). The van der Waals surface area contributed by atoms with Gasteiger partial charge >= 0.3 is 0 Å². The summed E-state index contributed by atoms with van der Waals surface area (Å²) in [4.78, 5) is 0. The van der Waals surface area contributed by atoms with E-state index in [1.165, 1.54) is 6.07 Å². The van der Waals surface area contributed by atoms with Crippen LogP contribution in [0.2, 0.25) is 0 Å². The summed E-state index contributed by atoms with van der Waals surface area (Å²) < 4.78 is 13.4. The third kappa shape index (κ3) is 1.75. The van der Waals surface area contributed by atoms with Crippen LogP contribution >= 0.6 is 0 Å². The summed E-state index contributed by atoms with van der Waals surface area (Å²) in [6, 6.07) is 7.02. The van der Waals surface area contributed by atoms with Crippen LogP contribution in [0.5, 0.6) is 0 Å². The van der Waals surface area contributed by atoms with Gasteiger partial charge in [0.2, 0.25) is 0 Å². The van der Waals surface area contributed by atoms with Crippen LogP contribution in [0.3, 0.4) is 0 Å². The van der Waals surface area contributed by atoms with Gasteiger partial charge in [-0.1, -0.05) is 32.9 Å². The minimum atomic E-state index is -0.144. The van der Waals surface area contributed by atoms with E-state index in [-0.39, 0.29) is 16.8 Å². The molecule has 2 heteroatoms. The lowest BCUT2D eigenvalue weighted by Crippen LogP contribution is -2.48. The standard InChI is InChI=1S/C14H20FN/c1-13(2,3)14(8-5-9-16-14)11-6-4-7-12(15)10-11/h4,6-7,10,16H,5,8-9H2,1-3H3. The predicted molar refractivity (Wildman–Crippen MR) is 64.8 cm³/mol. The molecule has 1 atom stereocenters. The van der Waals surface area contributed by atoms with Crippen molar-refractivity contribution in [1.29, 1.82) is 0 Å². The van der Waals surface area contributed by atoms with Crippen LogP contribution in [0.25, 0.3) is 0 Å². The van der Waals surface area contributed by atoms with Crippen molar-refractivity contribution < 1.29 is 4.39 Å². The van der Waals surface area contributed by atoms with Gasteiger partial charge in [0, 0.05) is 5.54 Å². The van der Waals surface area contributed by atoms with Crippen molar-refractivity contribution in [2.24, 2.45) is 5.41 Å². The normalized spacial score (nSPS) is 26.0. The van der Waals surface area contributed by atoms with E-state index >= 15 is 0 Å². The van der Waals surface area contributed by atoms with E-state index in [4.69, 9.17) is 0 Å². The molecule has 0 radical (unpaired) electrons. The van der Waals surface area contributed by atoms with Crippen LogP contribution in [0.15, 0.2) is 24.3 Å². The van der Waals surface area contributed by atoms with E-state index in [2.05, 4.69) is 26.1 Å². The Hall–Kier alpha value is -0.890. The third-order valence-electron chi connectivity index (χ3n) is 3.75. The molecule has 1 heterocycles. The zero-order valence-electron chi connectivity index (χ0n) is 10.3. The molecule has 1 aliphatic heterocycles. The average Bonchev–Trinajstić information content (AvgIpc) is 2.66. The Morgan fingerprint density at radius 2 is 2.06 bits per heavy atom. The molecule has 0 aliphatic carbocycles. The summed E-state index contributed by atoms with van der Waals surface area (Å²) in [6.07, 6.45) is 2.24. The SMILES string of the molecule is CC(C)(C)C1(c2cccc(F)c2)CCCN1. The van der Waals surface area contributed by atoms with Gasteiger partial charge in [-0.3, -0.25) is 0 Å². The van der Waals surface area contributed by atoms with Gasteiger partial charge in [0.15, 0.2) is 0 Å². The van der Waals surface area contributed by atoms with Crippen molar-refractivity contribution in [3.8, 4) is 0 Å². The van der Waals surface area contributed by atoms with Gasteiger partial charge < -0.3 is 5.32 Å². The molecule has 1 nitrogen and oxygen atoms in total. The first-order valence-corrected chi connectivity index (χ1v) is 5.97. The van der Waals surface area contributed by atoms with Gasteiger partial charge in [-0.15, -0.1) is 0 Å². The molecular formula is C14H20FN. The Morgan fingerprint density at radius 3 is 2.56 bits per heavy atom. The lowest BCUT2D eigenvalue weighted by atomic mass is 9.68. The zero-order chi connectivity index (χ0) is 11.8. The number of halogens is 1. The quantitative estimate of drug-likeness (QED) is 0.766. The second-order valence-corrected chi connectivity index (χ2v) is 5.70. The summed E-state index contributed by atoms with van der Waals surface area (Å²) in [7, 11) is 0. The van der Waals surface area contributed by atoms with Gasteiger partial charge in [-0.2, -0.15) is 0 Å². The molecular weight excluding hydrogens is 201 g/mol. The van der Waals surface area contributed by atoms with Crippen molar-refractivity contribution in [3.63, 3.8) is 0 Å². The highest BCUT2D eigenvalue weighted by atomic mass is 19.1. The fourth-order valence-electron chi connectivity index (χ4n) is 2.82. The molecule has 0 amide bonds. The second-order valence-electron chi connectivity index (χ2n) is 5.70. The lowest BCUT2D eigenvalue weighted by molar-refractivity contribution is 0.160. The minimum Gasteiger partial charge on any atom is -0.307 e. The van der Waals surface area contributed by atoms with E-state index in [9.17, 15) is 4.39 Å². The van der Waals surface area contributed by atoms with Crippen LogP contribution in [0.4, 0.5) is 4.39 Å². The highest BCUT2D eigenvalue weighted by Gasteiger charge is 2.45. The Labute approximate surface area is 97.1 Å². The maximum Gasteiger partial charge on any atom is 0.123 e. The molecule has 0 spiro atoms. The van der Waals surface area contributed by atoms with Crippen LogP contribution < -0.4 is 5.32 Å².